The Morgan fingerprint density at radius 1 is 0.839 bits per heavy atom. The summed E-state index contributed by atoms with van der Waals surface area (Å²) in [5, 5.41) is 3.41. The van der Waals surface area contributed by atoms with Crippen LogP contribution in [0.25, 0.3) is 11.1 Å². The number of aromatic nitrogens is 1. The fourth-order valence-corrected chi connectivity index (χ4v) is 3.52. The molecule has 154 valence electrons. The smallest absolute Gasteiger partial charge is 0.258 e. The van der Waals surface area contributed by atoms with Gasteiger partial charge >= 0.3 is 0 Å². The van der Waals surface area contributed by atoms with Crippen LogP contribution in [0.2, 0.25) is 0 Å². The fraction of sp³-hybridized carbons (Fsp3) is 0.111. The molecule has 0 radical (unpaired) electrons. The van der Waals surface area contributed by atoms with Crippen molar-refractivity contribution in [3.63, 3.8) is 0 Å². The zero-order valence-electron chi connectivity index (χ0n) is 17.5. The molecule has 4 aromatic rings. The number of amides is 1. The minimum atomic E-state index is -0.0321. The molecule has 0 bridgehead atoms. The van der Waals surface area contributed by atoms with Crippen LogP contribution in [-0.2, 0) is 6.42 Å². The van der Waals surface area contributed by atoms with Crippen LogP contribution in [0.15, 0.2) is 103 Å². The highest BCUT2D eigenvalue weighted by Crippen LogP contribution is 2.26. The first-order chi connectivity index (χ1) is 15.2. The SMILES string of the molecule is CN(C(=O)c1ccccc1-c1ccccc1)c1ccc(NCCc2ccccn2)cc1. The lowest BCUT2D eigenvalue weighted by molar-refractivity contribution is 0.0993. The molecule has 0 atom stereocenters. The molecular formula is C27H25N3O. The summed E-state index contributed by atoms with van der Waals surface area (Å²) in [6.07, 6.45) is 2.67. The predicted octanol–water partition coefficient (Wildman–Crippen LogP) is 5.68. The maximum Gasteiger partial charge on any atom is 0.258 e. The molecule has 1 amide bonds. The average Bonchev–Trinajstić information content (AvgIpc) is 2.85. The van der Waals surface area contributed by atoms with Crippen molar-refractivity contribution < 1.29 is 4.79 Å². The minimum Gasteiger partial charge on any atom is -0.385 e. The minimum absolute atomic E-state index is 0.0321. The lowest BCUT2D eigenvalue weighted by Gasteiger charge is -2.20. The first kappa shape index (κ1) is 20.4. The van der Waals surface area contributed by atoms with Gasteiger partial charge in [0.15, 0.2) is 0 Å². The van der Waals surface area contributed by atoms with E-state index in [1.165, 1.54) is 0 Å². The van der Waals surface area contributed by atoms with Gasteiger partial charge in [-0.25, -0.2) is 0 Å². The first-order valence-corrected chi connectivity index (χ1v) is 10.4. The maximum absolute atomic E-state index is 13.3. The van der Waals surface area contributed by atoms with E-state index in [-0.39, 0.29) is 5.91 Å². The fourth-order valence-electron chi connectivity index (χ4n) is 3.52. The van der Waals surface area contributed by atoms with E-state index in [1.54, 1.807) is 4.90 Å². The van der Waals surface area contributed by atoms with Crippen LogP contribution in [0.4, 0.5) is 11.4 Å². The van der Waals surface area contributed by atoms with Crippen LogP contribution in [-0.4, -0.2) is 24.5 Å². The second-order valence-corrected chi connectivity index (χ2v) is 7.32. The Labute approximate surface area is 183 Å². The zero-order chi connectivity index (χ0) is 21.5. The summed E-state index contributed by atoms with van der Waals surface area (Å²) >= 11 is 0. The molecule has 4 nitrogen and oxygen atoms in total. The number of pyridine rings is 1. The van der Waals surface area contributed by atoms with E-state index in [4.69, 9.17) is 0 Å². The Bertz CT molecular complexity index is 1130. The van der Waals surface area contributed by atoms with Crippen LogP contribution in [0, 0.1) is 0 Å². The number of hydrogen-bond donors (Lipinski definition) is 1. The highest BCUT2D eigenvalue weighted by molar-refractivity contribution is 6.09. The van der Waals surface area contributed by atoms with Crippen LogP contribution >= 0.6 is 0 Å². The number of anilines is 2. The summed E-state index contributed by atoms with van der Waals surface area (Å²) in [5.74, 6) is -0.0321. The highest BCUT2D eigenvalue weighted by atomic mass is 16.2. The van der Waals surface area contributed by atoms with Crippen molar-refractivity contribution in [2.24, 2.45) is 0 Å². The second kappa shape index (κ2) is 9.72. The Balaban J connectivity index is 1.44. The molecule has 0 aliphatic rings. The molecule has 0 aliphatic heterocycles. The van der Waals surface area contributed by atoms with Crippen molar-refractivity contribution >= 4 is 17.3 Å². The third kappa shape index (κ3) is 4.98. The Hall–Kier alpha value is -3.92. The number of rotatable bonds is 7. The summed E-state index contributed by atoms with van der Waals surface area (Å²) in [6.45, 7) is 0.801. The van der Waals surface area contributed by atoms with Gasteiger partial charge in [0.25, 0.3) is 5.91 Å². The van der Waals surface area contributed by atoms with Gasteiger partial charge in [0.1, 0.15) is 0 Å². The lowest BCUT2D eigenvalue weighted by atomic mass is 9.99. The molecule has 0 aliphatic carbocycles. The van der Waals surface area contributed by atoms with E-state index >= 15 is 0 Å². The molecule has 1 heterocycles. The molecule has 0 spiro atoms. The molecule has 1 N–H and O–H groups in total. The molecule has 3 aromatic carbocycles. The van der Waals surface area contributed by atoms with Gasteiger partial charge in [0.2, 0.25) is 0 Å². The summed E-state index contributed by atoms with van der Waals surface area (Å²) < 4.78 is 0. The molecule has 0 saturated heterocycles. The van der Waals surface area contributed by atoms with Gasteiger partial charge in [-0.3, -0.25) is 9.78 Å². The average molecular weight is 408 g/mol. The number of carbonyl (C=O) groups is 1. The number of benzene rings is 3. The Kier molecular flexibility index (Phi) is 6.38. The van der Waals surface area contributed by atoms with E-state index in [9.17, 15) is 4.79 Å². The largest absolute Gasteiger partial charge is 0.385 e. The van der Waals surface area contributed by atoms with Gasteiger partial charge in [0.05, 0.1) is 0 Å². The highest BCUT2D eigenvalue weighted by Gasteiger charge is 2.17. The second-order valence-electron chi connectivity index (χ2n) is 7.32. The molecule has 0 unspecified atom stereocenters. The van der Waals surface area contributed by atoms with Gasteiger partial charge in [-0.2, -0.15) is 0 Å². The molecule has 0 fully saturated rings. The van der Waals surface area contributed by atoms with Gasteiger partial charge in [-0.15, -0.1) is 0 Å². The van der Waals surface area contributed by atoms with Crippen LogP contribution in [0.1, 0.15) is 16.1 Å². The topological polar surface area (TPSA) is 45.2 Å². The number of hydrogen-bond acceptors (Lipinski definition) is 3. The zero-order valence-corrected chi connectivity index (χ0v) is 17.5. The standard InChI is InChI=1S/C27H25N3O/c1-30(27(31)26-13-6-5-12-25(26)21-9-3-2-4-10-21)24-16-14-23(15-17-24)29-20-18-22-11-7-8-19-28-22/h2-17,19,29H,18,20H2,1H3. The van der Waals surface area contributed by atoms with E-state index in [0.29, 0.717) is 5.56 Å². The number of nitrogens with one attached hydrogen (secondary N) is 1. The van der Waals surface area contributed by atoms with Gasteiger partial charge in [-0.05, 0) is 53.6 Å². The molecule has 0 saturated carbocycles. The molecule has 4 heteroatoms. The summed E-state index contributed by atoms with van der Waals surface area (Å²) in [5.41, 5.74) is 5.59. The summed E-state index contributed by atoms with van der Waals surface area (Å²) in [4.78, 5) is 19.3. The van der Waals surface area contributed by atoms with E-state index in [0.717, 1.165) is 41.2 Å². The quantitative estimate of drug-likeness (QED) is 0.429. The van der Waals surface area contributed by atoms with Gasteiger partial charge in [-0.1, -0.05) is 54.6 Å². The van der Waals surface area contributed by atoms with E-state index in [2.05, 4.69) is 10.3 Å². The van der Waals surface area contributed by atoms with Crippen molar-refractivity contribution in [2.75, 3.05) is 23.8 Å². The number of carbonyl (C=O) groups excluding carboxylic acids is 1. The van der Waals surface area contributed by atoms with Crippen molar-refractivity contribution in [1.29, 1.82) is 0 Å². The predicted molar refractivity (Wildman–Crippen MR) is 127 cm³/mol. The van der Waals surface area contributed by atoms with E-state index in [1.807, 2.05) is 110 Å². The summed E-state index contributed by atoms with van der Waals surface area (Å²) in [6, 6.07) is 31.6. The lowest BCUT2D eigenvalue weighted by Crippen LogP contribution is -2.26. The van der Waals surface area contributed by atoms with Crippen LogP contribution in [0.3, 0.4) is 0 Å². The maximum atomic E-state index is 13.3. The van der Waals surface area contributed by atoms with Crippen LogP contribution in [0.5, 0.6) is 0 Å². The van der Waals surface area contributed by atoms with Crippen molar-refractivity contribution in [3.8, 4) is 11.1 Å². The molecule has 4 rings (SSSR count). The molecule has 31 heavy (non-hydrogen) atoms. The molecule has 1 aromatic heterocycles. The van der Waals surface area contributed by atoms with Crippen molar-refractivity contribution in [2.45, 2.75) is 6.42 Å². The Morgan fingerprint density at radius 3 is 2.29 bits per heavy atom. The van der Waals surface area contributed by atoms with Gasteiger partial charge in [0, 0.05) is 48.8 Å². The third-order valence-corrected chi connectivity index (χ3v) is 5.24. The van der Waals surface area contributed by atoms with Crippen LogP contribution < -0.4 is 10.2 Å². The van der Waals surface area contributed by atoms with Gasteiger partial charge < -0.3 is 10.2 Å². The molecular weight excluding hydrogens is 382 g/mol. The monoisotopic (exact) mass is 407 g/mol. The Morgan fingerprint density at radius 2 is 1.55 bits per heavy atom. The van der Waals surface area contributed by atoms with E-state index < -0.39 is 0 Å². The number of nitrogens with zero attached hydrogens (tertiary/aromatic N) is 2. The normalized spacial score (nSPS) is 10.5. The van der Waals surface area contributed by atoms with Crippen molar-refractivity contribution in [1.82, 2.24) is 4.98 Å². The first-order valence-electron chi connectivity index (χ1n) is 10.4. The van der Waals surface area contributed by atoms with Crippen molar-refractivity contribution in [3.05, 3.63) is 115 Å². The summed E-state index contributed by atoms with van der Waals surface area (Å²) in [7, 11) is 1.81. The third-order valence-electron chi connectivity index (χ3n) is 5.24.